The summed E-state index contributed by atoms with van der Waals surface area (Å²) in [4.78, 5) is 26.9. The van der Waals surface area contributed by atoms with Crippen LogP contribution in [0.15, 0.2) is 20.9 Å². The average Bonchev–Trinajstić information content (AvgIpc) is 2.60. The van der Waals surface area contributed by atoms with Crippen molar-refractivity contribution in [3.8, 4) is 11.5 Å². The van der Waals surface area contributed by atoms with Gasteiger partial charge in [0, 0.05) is 24.0 Å². The summed E-state index contributed by atoms with van der Waals surface area (Å²) < 4.78 is 0. The lowest BCUT2D eigenvalue weighted by Crippen LogP contribution is -2.46. The van der Waals surface area contributed by atoms with Crippen molar-refractivity contribution >= 4 is 35.1 Å². The summed E-state index contributed by atoms with van der Waals surface area (Å²) in [6.07, 6.45) is -1.55. The lowest BCUT2D eigenvalue weighted by Gasteiger charge is -2.37. The first kappa shape index (κ1) is 20.3. The highest BCUT2D eigenvalue weighted by Crippen LogP contribution is 2.52. The molecule has 0 amide bonds. The summed E-state index contributed by atoms with van der Waals surface area (Å²) >= 11 is 2.58. The molecule has 1 aromatic rings. The number of rotatable bonds is 4. The molecule has 8 heteroatoms. The maximum atomic E-state index is 13.1. The van der Waals surface area contributed by atoms with Gasteiger partial charge in [0.2, 0.25) is 0 Å². The minimum absolute atomic E-state index is 0.0980. The van der Waals surface area contributed by atoms with Gasteiger partial charge in [-0.25, -0.2) is 0 Å². The van der Waals surface area contributed by atoms with Gasteiger partial charge < -0.3 is 20.4 Å². The first-order valence-electron chi connectivity index (χ1n) is 8.74. The Morgan fingerprint density at radius 1 is 0.963 bits per heavy atom. The number of benzene rings is 1. The predicted molar refractivity (Wildman–Crippen MR) is 104 cm³/mol. The summed E-state index contributed by atoms with van der Waals surface area (Å²) in [6.45, 7) is 5.17. The molecule has 0 saturated carbocycles. The lowest BCUT2D eigenvalue weighted by molar-refractivity contribution is -0.0651. The largest absolute Gasteiger partial charge is 0.506 e. The van der Waals surface area contributed by atoms with E-state index < -0.39 is 23.3 Å². The number of carbonyl (C=O) groups is 2. The summed E-state index contributed by atoms with van der Waals surface area (Å²) in [7, 11) is 0. The minimum atomic E-state index is -1.54. The van der Waals surface area contributed by atoms with Crippen LogP contribution in [0.4, 0.5) is 0 Å². The summed E-state index contributed by atoms with van der Waals surface area (Å²) in [5.74, 6) is -0.539. The van der Waals surface area contributed by atoms with Gasteiger partial charge in [0.1, 0.15) is 11.5 Å². The second kappa shape index (κ2) is 7.16. The number of phenolic OH excluding ortho intramolecular Hbond substituents is 2. The third-order valence-electron chi connectivity index (χ3n) is 4.95. The fourth-order valence-corrected chi connectivity index (χ4v) is 5.41. The van der Waals surface area contributed by atoms with Crippen molar-refractivity contribution in [3.63, 3.8) is 0 Å². The number of carbonyl (C=O) groups excluding carboxylic acids is 2. The number of aliphatic hydroxyl groups excluding tert-OH is 1. The van der Waals surface area contributed by atoms with E-state index in [9.17, 15) is 30.0 Å². The fraction of sp³-hybridized carbons (Fsp3) is 0.474. The van der Waals surface area contributed by atoms with Crippen LogP contribution in [0.3, 0.4) is 0 Å². The molecule has 0 fully saturated rings. The number of phenols is 2. The molecule has 2 atom stereocenters. The molecular weight excluding hydrogens is 388 g/mol. The van der Waals surface area contributed by atoms with Crippen LogP contribution in [0.2, 0.25) is 0 Å². The SMILES string of the molecule is CCSc1c(O)c2c(c(O)c1SCC)C(=O)C1=C(C[C@@H](O)[C@@](C)(O)C1)C2=O. The molecule has 1 aromatic carbocycles. The normalized spacial score (nSPS) is 24.9. The smallest absolute Gasteiger partial charge is 0.194 e. The van der Waals surface area contributed by atoms with E-state index in [4.69, 9.17) is 0 Å². The van der Waals surface area contributed by atoms with E-state index in [1.165, 1.54) is 30.4 Å². The molecule has 0 bridgehead atoms. The Morgan fingerprint density at radius 2 is 1.41 bits per heavy atom. The van der Waals surface area contributed by atoms with Crippen LogP contribution in [-0.4, -0.2) is 55.2 Å². The number of ketones is 2. The third-order valence-corrected chi connectivity index (χ3v) is 7.03. The van der Waals surface area contributed by atoms with Crippen molar-refractivity contribution in [2.45, 2.75) is 55.1 Å². The summed E-state index contributed by atoms with van der Waals surface area (Å²) in [5.41, 5.74) is -1.75. The van der Waals surface area contributed by atoms with E-state index in [0.717, 1.165) is 0 Å². The molecule has 0 aromatic heterocycles. The Labute approximate surface area is 165 Å². The molecule has 0 heterocycles. The van der Waals surface area contributed by atoms with Crippen molar-refractivity contribution in [1.29, 1.82) is 0 Å². The zero-order valence-corrected chi connectivity index (χ0v) is 17.0. The van der Waals surface area contributed by atoms with Crippen LogP contribution < -0.4 is 0 Å². The number of aliphatic hydroxyl groups is 2. The monoisotopic (exact) mass is 410 g/mol. The molecule has 3 rings (SSSR count). The van der Waals surface area contributed by atoms with Gasteiger partial charge in [-0.3, -0.25) is 9.59 Å². The predicted octanol–water partition coefficient (Wildman–Crippen LogP) is 2.90. The van der Waals surface area contributed by atoms with Crippen LogP contribution in [-0.2, 0) is 0 Å². The van der Waals surface area contributed by atoms with Crippen LogP contribution in [0.1, 0.15) is 54.3 Å². The van der Waals surface area contributed by atoms with Gasteiger partial charge in [0.05, 0.1) is 32.6 Å². The maximum absolute atomic E-state index is 13.1. The second-order valence-electron chi connectivity index (χ2n) is 6.84. The Morgan fingerprint density at radius 3 is 1.85 bits per heavy atom. The fourth-order valence-electron chi connectivity index (χ4n) is 3.55. The number of hydrogen-bond acceptors (Lipinski definition) is 8. The van der Waals surface area contributed by atoms with Crippen LogP contribution in [0.25, 0.3) is 0 Å². The van der Waals surface area contributed by atoms with Crippen LogP contribution in [0.5, 0.6) is 11.5 Å². The first-order valence-corrected chi connectivity index (χ1v) is 10.7. The summed E-state index contributed by atoms with van der Waals surface area (Å²) in [6, 6.07) is 0. The highest BCUT2D eigenvalue weighted by molar-refractivity contribution is 8.02. The van der Waals surface area contributed by atoms with Crippen molar-refractivity contribution < 1.29 is 30.0 Å². The van der Waals surface area contributed by atoms with Crippen LogP contribution in [0, 0.1) is 0 Å². The van der Waals surface area contributed by atoms with Gasteiger partial charge in [-0.1, -0.05) is 13.8 Å². The quantitative estimate of drug-likeness (QED) is 0.442. The summed E-state index contributed by atoms with van der Waals surface area (Å²) in [5, 5.41) is 42.1. The number of fused-ring (bicyclic) bond motifs is 1. The number of aromatic hydroxyl groups is 2. The molecule has 0 spiro atoms. The molecule has 6 nitrogen and oxygen atoms in total. The van der Waals surface area contributed by atoms with E-state index >= 15 is 0 Å². The molecule has 0 saturated heterocycles. The van der Waals surface area contributed by atoms with Gasteiger partial charge in [0.25, 0.3) is 0 Å². The first-order chi connectivity index (χ1) is 12.7. The van der Waals surface area contributed by atoms with E-state index in [1.54, 1.807) is 0 Å². The molecule has 27 heavy (non-hydrogen) atoms. The second-order valence-corrected chi connectivity index (χ2v) is 9.39. The van der Waals surface area contributed by atoms with Gasteiger partial charge in [-0.05, 0) is 18.4 Å². The lowest BCUT2D eigenvalue weighted by atomic mass is 9.71. The standard InChI is InChI=1S/C19H22O6S2/c1-4-26-17-15(23)11-12(16(24)18(17)27-5-2)14(22)9-7-19(3,25)10(20)6-8(9)13(11)21/h10,20,23-25H,4-7H2,1-3H3/t10-,19+/m1/s1. The van der Waals surface area contributed by atoms with Gasteiger partial charge >= 0.3 is 0 Å². The number of thioether (sulfide) groups is 2. The highest BCUT2D eigenvalue weighted by atomic mass is 32.2. The van der Waals surface area contributed by atoms with Gasteiger partial charge in [0.15, 0.2) is 11.6 Å². The van der Waals surface area contributed by atoms with E-state index in [-0.39, 0.29) is 46.6 Å². The minimum Gasteiger partial charge on any atom is -0.506 e. The molecular formula is C19H22O6S2. The number of Topliss-reactive ketones (excluding diaryl/α,β-unsaturated/α-hetero) is 2. The van der Waals surface area contributed by atoms with Crippen LogP contribution >= 0.6 is 23.5 Å². The van der Waals surface area contributed by atoms with Crippen molar-refractivity contribution in [3.05, 3.63) is 22.3 Å². The third kappa shape index (κ3) is 3.08. The van der Waals surface area contributed by atoms with Crippen molar-refractivity contribution in [1.82, 2.24) is 0 Å². The molecule has 2 aliphatic carbocycles. The molecule has 0 radical (unpaired) electrons. The molecule has 4 N–H and O–H groups in total. The molecule has 0 unspecified atom stereocenters. The Hall–Kier alpha value is -1.48. The Bertz CT molecular complexity index is 872. The van der Waals surface area contributed by atoms with E-state index in [0.29, 0.717) is 21.3 Å². The highest BCUT2D eigenvalue weighted by Gasteiger charge is 2.47. The molecule has 2 aliphatic rings. The topological polar surface area (TPSA) is 115 Å². The van der Waals surface area contributed by atoms with Gasteiger partial charge in [-0.2, -0.15) is 0 Å². The Kier molecular flexibility index (Phi) is 5.37. The molecule has 0 aliphatic heterocycles. The number of hydrogen-bond donors (Lipinski definition) is 4. The van der Waals surface area contributed by atoms with Crippen molar-refractivity contribution in [2.24, 2.45) is 0 Å². The Balaban J connectivity index is 2.27. The zero-order chi connectivity index (χ0) is 20.1. The van der Waals surface area contributed by atoms with Crippen molar-refractivity contribution in [2.75, 3.05) is 11.5 Å². The average molecular weight is 411 g/mol. The van der Waals surface area contributed by atoms with E-state index in [1.807, 2.05) is 13.8 Å². The van der Waals surface area contributed by atoms with Gasteiger partial charge in [-0.15, -0.1) is 23.5 Å². The molecule has 146 valence electrons. The zero-order valence-electron chi connectivity index (χ0n) is 15.3. The van der Waals surface area contributed by atoms with E-state index in [2.05, 4.69) is 0 Å². The maximum Gasteiger partial charge on any atom is 0.194 e.